The Balaban J connectivity index is 1.54. The average molecular weight is 530 g/mol. The Morgan fingerprint density at radius 2 is 2.16 bits per heavy atom. The van der Waals surface area contributed by atoms with E-state index in [0.717, 1.165) is 0 Å². The van der Waals surface area contributed by atoms with Gasteiger partial charge in [-0.3, -0.25) is 9.32 Å². The zero-order valence-corrected chi connectivity index (χ0v) is 21.1. The van der Waals surface area contributed by atoms with E-state index in [1.165, 1.54) is 17.8 Å². The van der Waals surface area contributed by atoms with Crippen LogP contribution in [0.1, 0.15) is 26.0 Å². The van der Waals surface area contributed by atoms with Crippen molar-refractivity contribution < 1.29 is 33.0 Å². The van der Waals surface area contributed by atoms with Crippen molar-refractivity contribution in [1.82, 2.24) is 19.7 Å². The van der Waals surface area contributed by atoms with E-state index in [2.05, 4.69) is 21.2 Å². The molecule has 37 heavy (non-hydrogen) atoms. The molecule has 0 spiro atoms. The Morgan fingerprint density at radius 1 is 1.41 bits per heavy atom. The van der Waals surface area contributed by atoms with Crippen molar-refractivity contribution in [2.45, 2.75) is 44.1 Å². The largest absolute Gasteiger partial charge is 0.465 e. The van der Waals surface area contributed by atoms with Crippen molar-refractivity contribution in [2.75, 3.05) is 18.9 Å². The highest BCUT2D eigenvalue weighted by molar-refractivity contribution is 7.52. The number of esters is 1. The number of fused-ring (bicyclic) bond motifs is 1. The van der Waals surface area contributed by atoms with Crippen molar-refractivity contribution >= 4 is 25.1 Å². The summed E-state index contributed by atoms with van der Waals surface area (Å²) in [4.78, 5) is 16.1. The fraction of sp³-hybridized carbons (Fsp3) is 0.391. The van der Waals surface area contributed by atoms with Crippen LogP contribution in [0.15, 0.2) is 48.8 Å². The van der Waals surface area contributed by atoms with Gasteiger partial charge >= 0.3 is 13.7 Å². The second kappa shape index (κ2) is 10.8. The number of nitrogen functional groups attached to an aromatic ring is 1. The van der Waals surface area contributed by atoms with Crippen LogP contribution < -0.4 is 15.3 Å². The normalized spacial score (nSPS) is 23.7. The highest BCUT2D eigenvalue weighted by Crippen LogP contribution is 2.47. The van der Waals surface area contributed by atoms with E-state index in [1.54, 1.807) is 49.4 Å². The van der Waals surface area contributed by atoms with Crippen LogP contribution in [0, 0.1) is 11.3 Å². The van der Waals surface area contributed by atoms with E-state index in [1.807, 2.05) is 0 Å². The summed E-state index contributed by atoms with van der Waals surface area (Å²) >= 11 is 0. The van der Waals surface area contributed by atoms with Crippen molar-refractivity contribution in [3.8, 4) is 11.8 Å². The molecule has 1 aromatic carbocycles. The highest BCUT2D eigenvalue weighted by atomic mass is 31.2. The van der Waals surface area contributed by atoms with Crippen LogP contribution in [-0.4, -0.2) is 57.1 Å². The first-order chi connectivity index (χ1) is 17.7. The highest BCUT2D eigenvalue weighted by Gasteiger charge is 2.50. The number of hydrogen-bond acceptors (Lipinski definition) is 11. The lowest BCUT2D eigenvalue weighted by molar-refractivity contribution is -0.144. The number of carbonyl (C=O) groups excluding carboxylic acids is 1. The maximum Gasteiger partial charge on any atom is 0.459 e. The Morgan fingerprint density at radius 3 is 2.86 bits per heavy atom. The predicted molar refractivity (Wildman–Crippen MR) is 130 cm³/mol. The number of aliphatic hydroxyl groups excluding tert-OH is 1. The first-order valence-corrected chi connectivity index (χ1v) is 13.0. The topological polar surface area (TPSA) is 183 Å². The van der Waals surface area contributed by atoms with Gasteiger partial charge in [-0.1, -0.05) is 18.2 Å². The number of aliphatic hydroxyl groups is 1. The van der Waals surface area contributed by atoms with Crippen LogP contribution in [0.2, 0.25) is 0 Å². The van der Waals surface area contributed by atoms with Gasteiger partial charge in [-0.2, -0.15) is 15.4 Å². The Hall–Kier alpha value is -3.53. The SMILES string of the molecule is CCOC(=O)[C@H](C)NP(=O)(OC[C@H]1O[C@@](C#N)(c2ccc3c(N)ncnn23)C[C@@H]1O)Oc1ccccc1. The van der Waals surface area contributed by atoms with Crippen LogP contribution in [0.3, 0.4) is 0 Å². The van der Waals surface area contributed by atoms with Crippen molar-refractivity contribution in [2.24, 2.45) is 0 Å². The fourth-order valence-corrected chi connectivity index (χ4v) is 5.45. The fourth-order valence-electron chi connectivity index (χ4n) is 3.95. The van der Waals surface area contributed by atoms with Crippen molar-refractivity contribution in [3.05, 3.63) is 54.5 Å². The molecule has 0 radical (unpaired) electrons. The summed E-state index contributed by atoms with van der Waals surface area (Å²) in [6, 6.07) is 12.6. The molecular weight excluding hydrogens is 503 g/mol. The van der Waals surface area contributed by atoms with E-state index < -0.39 is 44.2 Å². The summed E-state index contributed by atoms with van der Waals surface area (Å²) in [7, 11) is -4.18. The number of carbonyl (C=O) groups is 1. The van der Waals surface area contributed by atoms with Crippen molar-refractivity contribution in [3.63, 3.8) is 0 Å². The number of aromatic nitrogens is 3. The molecule has 1 aliphatic rings. The molecule has 1 fully saturated rings. The van der Waals surface area contributed by atoms with Crippen LogP contribution in [0.5, 0.6) is 5.75 Å². The van der Waals surface area contributed by atoms with Gasteiger partial charge in [0.25, 0.3) is 0 Å². The molecule has 3 heterocycles. The summed E-state index contributed by atoms with van der Waals surface area (Å²) < 4.78 is 37.2. The maximum absolute atomic E-state index is 13.6. The maximum atomic E-state index is 13.6. The van der Waals surface area contributed by atoms with Gasteiger partial charge in [0.1, 0.15) is 35.8 Å². The molecule has 0 aliphatic carbocycles. The second-order valence-corrected chi connectivity index (χ2v) is 10.0. The molecule has 4 N–H and O–H groups in total. The molecule has 14 heteroatoms. The number of ether oxygens (including phenoxy) is 2. The lowest BCUT2D eigenvalue weighted by Gasteiger charge is -2.25. The quantitative estimate of drug-likeness (QED) is 0.256. The number of rotatable bonds is 10. The van der Waals surface area contributed by atoms with E-state index in [-0.39, 0.29) is 24.6 Å². The van der Waals surface area contributed by atoms with Crippen LogP contribution in [-0.2, 0) is 29.0 Å². The van der Waals surface area contributed by atoms with Crippen LogP contribution in [0.25, 0.3) is 5.52 Å². The van der Waals surface area contributed by atoms with Gasteiger partial charge in [0.2, 0.25) is 0 Å². The van der Waals surface area contributed by atoms with Gasteiger partial charge in [-0.25, -0.2) is 14.1 Å². The number of nitriles is 1. The summed E-state index contributed by atoms with van der Waals surface area (Å²) in [6.07, 6.45) is -1.07. The van der Waals surface area contributed by atoms with E-state index >= 15 is 0 Å². The minimum atomic E-state index is -4.18. The molecule has 5 atom stereocenters. The minimum absolute atomic E-state index is 0.107. The Bertz CT molecular complexity index is 1350. The molecule has 0 amide bonds. The third-order valence-electron chi connectivity index (χ3n) is 5.72. The molecule has 13 nitrogen and oxygen atoms in total. The smallest absolute Gasteiger partial charge is 0.459 e. The van der Waals surface area contributed by atoms with Crippen molar-refractivity contribution in [1.29, 1.82) is 5.26 Å². The third-order valence-corrected chi connectivity index (χ3v) is 7.37. The predicted octanol–water partition coefficient (Wildman–Crippen LogP) is 1.93. The molecule has 4 rings (SSSR count). The Kier molecular flexibility index (Phi) is 7.77. The molecular formula is C23H27N6O7P. The van der Waals surface area contributed by atoms with Crippen LogP contribution >= 0.6 is 7.75 Å². The molecule has 1 unspecified atom stereocenters. The van der Waals surface area contributed by atoms with Gasteiger partial charge in [-0.05, 0) is 38.1 Å². The van der Waals surface area contributed by atoms with Gasteiger partial charge in [0.15, 0.2) is 11.4 Å². The van der Waals surface area contributed by atoms with E-state index in [4.69, 9.17) is 24.3 Å². The van der Waals surface area contributed by atoms with Gasteiger partial charge < -0.3 is 24.8 Å². The van der Waals surface area contributed by atoms with Gasteiger partial charge in [0.05, 0.1) is 25.0 Å². The van der Waals surface area contributed by atoms with Gasteiger partial charge in [0, 0.05) is 6.42 Å². The minimum Gasteiger partial charge on any atom is -0.465 e. The Labute approximate surface area is 212 Å². The first-order valence-electron chi connectivity index (χ1n) is 11.5. The lowest BCUT2D eigenvalue weighted by Crippen LogP contribution is -2.36. The van der Waals surface area contributed by atoms with E-state index in [9.17, 15) is 19.7 Å². The molecule has 1 saturated heterocycles. The zero-order valence-electron chi connectivity index (χ0n) is 20.2. The number of hydrogen-bond donors (Lipinski definition) is 3. The monoisotopic (exact) mass is 530 g/mol. The molecule has 2 aromatic heterocycles. The second-order valence-electron chi connectivity index (χ2n) is 8.33. The first kappa shape index (κ1) is 26.5. The zero-order chi connectivity index (χ0) is 26.6. The summed E-state index contributed by atoms with van der Waals surface area (Å²) in [5.74, 6) is -0.204. The van der Waals surface area contributed by atoms with Gasteiger partial charge in [-0.15, -0.1) is 0 Å². The number of benzene rings is 1. The molecule has 0 saturated carbocycles. The molecule has 1 aliphatic heterocycles. The molecule has 3 aromatic rings. The summed E-state index contributed by atoms with van der Waals surface area (Å²) in [5.41, 5.74) is 5.13. The molecule has 196 valence electrons. The van der Waals surface area contributed by atoms with Crippen LogP contribution in [0.4, 0.5) is 5.82 Å². The third kappa shape index (κ3) is 5.58. The number of nitrogens with two attached hydrogens (primary N) is 1. The standard InChI is InChI=1S/C23H27N6O7P/c1-3-33-22(31)15(2)28-37(32,36-16-7-5-4-6-8-16)34-12-19-18(30)11-23(13-24,35-19)20-10-9-17-21(25)26-14-27-29(17)20/h4-10,14-15,18-19,30H,3,11-12H2,1-2H3,(H,28,32)(H2,25,26,27)/t15-,18-,19+,23-,37?/m0/s1. The summed E-state index contributed by atoms with van der Waals surface area (Å²) in [5, 5.41) is 27.5. The molecule has 0 bridgehead atoms. The number of para-hydroxylation sites is 1. The number of nitrogens with zero attached hydrogens (tertiary/aromatic N) is 4. The number of nitrogens with one attached hydrogen (secondary N) is 1. The number of anilines is 1. The van der Waals surface area contributed by atoms with E-state index in [0.29, 0.717) is 11.2 Å². The summed E-state index contributed by atoms with van der Waals surface area (Å²) in [6.45, 7) is 2.82. The lowest BCUT2D eigenvalue weighted by atomic mass is 9.96. The average Bonchev–Trinajstić information content (AvgIpc) is 3.46.